The molecular formula is C15H36N4O4. The molecule has 8 nitrogen and oxygen atoms in total. The van der Waals surface area contributed by atoms with Gasteiger partial charge in [-0.25, -0.2) is 0 Å². The average Bonchev–Trinajstić information content (AvgIpc) is 2.49. The van der Waals surface area contributed by atoms with Crippen LogP contribution in [0.3, 0.4) is 0 Å². The van der Waals surface area contributed by atoms with E-state index in [2.05, 4.69) is 4.90 Å². The molecule has 0 saturated heterocycles. The van der Waals surface area contributed by atoms with Gasteiger partial charge in [-0.3, -0.25) is 14.7 Å². The summed E-state index contributed by atoms with van der Waals surface area (Å²) in [6.07, 6.45) is -0.422. The van der Waals surface area contributed by atoms with Gasteiger partial charge in [0, 0.05) is 65.4 Å². The van der Waals surface area contributed by atoms with E-state index in [0.29, 0.717) is 32.7 Å². The van der Waals surface area contributed by atoms with E-state index in [-0.39, 0.29) is 19.8 Å². The van der Waals surface area contributed by atoms with Crippen molar-refractivity contribution in [3.8, 4) is 0 Å². The molecule has 6 N–H and O–H groups in total. The van der Waals surface area contributed by atoms with Crippen LogP contribution in [0.4, 0.5) is 0 Å². The first kappa shape index (κ1) is 22.7. The van der Waals surface area contributed by atoms with Gasteiger partial charge in [-0.2, -0.15) is 0 Å². The van der Waals surface area contributed by atoms with E-state index in [0.717, 1.165) is 32.7 Å². The maximum atomic E-state index is 9.50. The first-order valence-corrected chi connectivity index (χ1v) is 8.45. The zero-order chi connectivity index (χ0) is 17.5. The minimum Gasteiger partial charge on any atom is -0.395 e. The number of nitrogens with two attached hydrogens (primary N) is 1. The summed E-state index contributed by atoms with van der Waals surface area (Å²) in [5.74, 6) is 0. The Morgan fingerprint density at radius 3 is 1.48 bits per heavy atom. The molecule has 0 amide bonds. The van der Waals surface area contributed by atoms with Crippen LogP contribution in [0.15, 0.2) is 0 Å². The summed E-state index contributed by atoms with van der Waals surface area (Å²) in [7, 11) is 0. The third-order valence-electron chi connectivity index (χ3n) is 3.68. The second-order valence-corrected chi connectivity index (χ2v) is 5.79. The molecule has 1 unspecified atom stereocenters. The minimum atomic E-state index is -0.422. The Bertz CT molecular complexity index is 254. The third-order valence-corrected chi connectivity index (χ3v) is 3.68. The zero-order valence-electron chi connectivity index (χ0n) is 14.5. The van der Waals surface area contributed by atoms with Crippen molar-refractivity contribution in [2.75, 3.05) is 85.3 Å². The molecule has 0 aliphatic rings. The summed E-state index contributed by atoms with van der Waals surface area (Å²) in [4.78, 5) is 6.28. The van der Waals surface area contributed by atoms with Crippen molar-refractivity contribution in [3.63, 3.8) is 0 Å². The predicted molar refractivity (Wildman–Crippen MR) is 91.3 cm³/mol. The number of rotatable bonds is 16. The first-order valence-electron chi connectivity index (χ1n) is 8.45. The van der Waals surface area contributed by atoms with Crippen LogP contribution >= 0.6 is 0 Å². The van der Waals surface area contributed by atoms with Crippen molar-refractivity contribution < 1.29 is 20.4 Å². The average molecular weight is 336 g/mol. The largest absolute Gasteiger partial charge is 0.395 e. The highest BCUT2D eigenvalue weighted by atomic mass is 16.3. The predicted octanol–water partition coefficient (Wildman–Crippen LogP) is -2.79. The Balaban J connectivity index is 4.30. The number of nitrogens with zero attached hydrogens (tertiary/aromatic N) is 3. The lowest BCUT2D eigenvalue weighted by molar-refractivity contribution is 0.0977. The van der Waals surface area contributed by atoms with Gasteiger partial charge in [-0.05, 0) is 6.92 Å². The number of aliphatic hydroxyl groups excluding tert-OH is 4. The third kappa shape index (κ3) is 12.7. The summed E-state index contributed by atoms with van der Waals surface area (Å²) >= 11 is 0. The van der Waals surface area contributed by atoms with E-state index in [1.807, 2.05) is 9.80 Å². The van der Waals surface area contributed by atoms with Gasteiger partial charge in [0.2, 0.25) is 0 Å². The van der Waals surface area contributed by atoms with Crippen LogP contribution in [-0.4, -0.2) is 126 Å². The molecule has 0 aromatic heterocycles. The lowest BCUT2D eigenvalue weighted by Crippen LogP contribution is -2.44. The Labute approximate surface area is 140 Å². The Morgan fingerprint density at radius 2 is 1.09 bits per heavy atom. The quantitative estimate of drug-likeness (QED) is 0.205. The van der Waals surface area contributed by atoms with E-state index >= 15 is 0 Å². The Morgan fingerprint density at radius 1 is 0.696 bits per heavy atom. The number of hydrogen-bond acceptors (Lipinski definition) is 8. The number of aliphatic hydroxyl groups is 4. The molecular weight excluding hydrogens is 300 g/mol. The van der Waals surface area contributed by atoms with Gasteiger partial charge in [-0.15, -0.1) is 0 Å². The standard InChI is InChI=1S/C15H36N4O4/c1-15(23)14-19(10-13-22)7-6-17(3-2-16)4-5-18(8-11-20)9-12-21/h15,20-23H,2-14,16H2,1H3. The molecule has 0 aliphatic carbocycles. The van der Waals surface area contributed by atoms with Crippen LogP contribution in [0.2, 0.25) is 0 Å². The summed E-state index contributed by atoms with van der Waals surface area (Å²) in [5, 5.41) is 36.7. The second kappa shape index (κ2) is 15.2. The SMILES string of the molecule is CC(O)CN(CCO)CCN(CCN)CCN(CCO)CCO. The summed E-state index contributed by atoms with van der Waals surface area (Å²) < 4.78 is 0. The van der Waals surface area contributed by atoms with Crippen molar-refractivity contribution in [1.29, 1.82) is 0 Å². The van der Waals surface area contributed by atoms with Crippen molar-refractivity contribution in [3.05, 3.63) is 0 Å². The summed E-state index contributed by atoms with van der Waals surface area (Å²) in [6, 6.07) is 0. The van der Waals surface area contributed by atoms with Crippen LogP contribution in [0, 0.1) is 0 Å². The molecule has 1 atom stereocenters. The van der Waals surface area contributed by atoms with Gasteiger partial charge in [0.1, 0.15) is 0 Å². The van der Waals surface area contributed by atoms with Crippen LogP contribution < -0.4 is 5.73 Å². The van der Waals surface area contributed by atoms with Gasteiger partial charge in [0.05, 0.1) is 25.9 Å². The molecule has 0 fully saturated rings. The molecule has 0 saturated carbocycles. The monoisotopic (exact) mass is 336 g/mol. The second-order valence-electron chi connectivity index (χ2n) is 5.79. The molecule has 0 aliphatic heterocycles. The smallest absolute Gasteiger partial charge is 0.0639 e. The molecule has 0 spiro atoms. The maximum Gasteiger partial charge on any atom is 0.0639 e. The molecule has 8 heteroatoms. The van der Waals surface area contributed by atoms with Crippen LogP contribution in [0.25, 0.3) is 0 Å². The fourth-order valence-corrected chi connectivity index (χ4v) is 2.51. The summed E-state index contributed by atoms with van der Waals surface area (Å²) in [5.41, 5.74) is 5.67. The van der Waals surface area contributed by atoms with Crippen LogP contribution in [0.1, 0.15) is 6.92 Å². The van der Waals surface area contributed by atoms with E-state index in [9.17, 15) is 5.11 Å². The van der Waals surface area contributed by atoms with Gasteiger partial charge in [0.25, 0.3) is 0 Å². The van der Waals surface area contributed by atoms with Crippen molar-refractivity contribution in [2.24, 2.45) is 5.73 Å². The molecule has 0 heterocycles. The van der Waals surface area contributed by atoms with Gasteiger partial charge < -0.3 is 26.2 Å². The molecule has 0 aromatic rings. The minimum absolute atomic E-state index is 0.0738. The molecule has 0 radical (unpaired) electrons. The maximum absolute atomic E-state index is 9.50. The van der Waals surface area contributed by atoms with Gasteiger partial charge >= 0.3 is 0 Å². The Kier molecular flexibility index (Phi) is 15.0. The highest BCUT2D eigenvalue weighted by molar-refractivity contribution is 4.68. The van der Waals surface area contributed by atoms with E-state index in [4.69, 9.17) is 21.1 Å². The normalized spacial score (nSPS) is 13.4. The fraction of sp³-hybridized carbons (Fsp3) is 1.00. The Hall–Kier alpha value is -0.320. The highest BCUT2D eigenvalue weighted by Gasteiger charge is 2.12. The lowest BCUT2D eigenvalue weighted by Gasteiger charge is -2.29. The van der Waals surface area contributed by atoms with Crippen LogP contribution in [0.5, 0.6) is 0 Å². The number of hydrogen-bond donors (Lipinski definition) is 5. The lowest BCUT2D eigenvalue weighted by atomic mass is 10.3. The molecule has 0 rings (SSSR count). The molecule has 140 valence electrons. The van der Waals surface area contributed by atoms with Crippen LogP contribution in [-0.2, 0) is 0 Å². The van der Waals surface area contributed by atoms with Crippen molar-refractivity contribution in [2.45, 2.75) is 13.0 Å². The van der Waals surface area contributed by atoms with Gasteiger partial charge in [0.15, 0.2) is 0 Å². The zero-order valence-corrected chi connectivity index (χ0v) is 14.5. The summed E-state index contributed by atoms with van der Waals surface area (Å²) in [6.45, 7) is 8.62. The fourth-order valence-electron chi connectivity index (χ4n) is 2.51. The molecule has 0 bridgehead atoms. The molecule has 23 heavy (non-hydrogen) atoms. The van der Waals surface area contributed by atoms with Gasteiger partial charge in [-0.1, -0.05) is 0 Å². The van der Waals surface area contributed by atoms with E-state index in [1.165, 1.54) is 0 Å². The first-order chi connectivity index (χ1) is 11.1. The topological polar surface area (TPSA) is 117 Å². The van der Waals surface area contributed by atoms with E-state index < -0.39 is 6.10 Å². The van der Waals surface area contributed by atoms with Crippen molar-refractivity contribution in [1.82, 2.24) is 14.7 Å². The van der Waals surface area contributed by atoms with E-state index in [1.54, 1.807) is 6.92 Å². The molecule has 0 aromatic carbocycles. The highest BCUT2D eigenvalue weighted by Crippen LogP contribution is 1.97. The van der Waals surface area contributed by atoms with Crippen molar-refractivity contribution >= 4 is 0 Å².